The third kappa shape index (κ3) is 6.98. The molecule has 174 valence electrons. The van der Waals surface area contributed by atoms with Crippen LogP contribution < -0.4 is 4.74 Å². The van der Waals surface area contributed by atoms with Crippen molar-refractivity contribution in [2.45, 2.75) is 96.5 Å². The molecule has 0 aliphatic heterocycles. The molecular weight excluding hydrogens is 404 g/mol. The fourth-order valence-corrected chi connectivity index (χ4v) is 5.62. The Morgan fingerprint density at radius 3 is 1.97 bits per heavy atom. The summed E-state index contributed by atoms with van der Waals surface area (Å²) in [5.41, 5.74) is 0.565. The molecule has 0 spiro atoms. The van der Waals surface area contributed by atoms with Crippen molar-refractivity contribution in [2.24, 2.45) is 17.8 Å². The SMILES string of the molecule is CCC/C=C/CC[C@H]1CC[C@H]([C@H]2CC[C@H](c3cc(F)c(OC(F)F)c(F)c3)CC2)CC1. The predicted molar refractivity (Wildman–Crippen MR) is 116 cm³/mol. The zero-order chi connectivity index (χ0) is 22.2. The minimum Gasteiger partial charge on any atom is -0.429 e. The van der Waals surface area contributed by atoms with Crippen LogP contribution in [0.1, 0.15) is 95.5 Å². The van der Waals surface area contributed by atoms with Gasteiger partial charge in [0.15, 0.2) is 17.4 Å². The third-order valence-electron chi connectivity index (χ3n) is 7.39. The van der Waals surface area contributed by atoms with E-state index in [4.69, 9.17) is 0 Å². The molecule has 1 aromatic rings. The molecule has 0 radical (unpaired) electrons. The second-order valence-electron chi connectivity index (χ2n) is 9.42. The first kappa shape index (κ1) is 24.1. The summed E-state index contributed by atoms with van der Waals surface area (Å²) in [5.74, 6) is -0.627. The number of halogens is 4. The zero-order valence-electron chi connectivity index (χ0n) is 18.6. The summed E-state index contributed by atoms with van der Waals surface area (Å²) in [6, 6.07) is 2.35. The average molecular weight is 441 g/mol. The van der Waals surface area contributed by atoms with E-state index in [-0.39, 0.29) is 5.92 Å². The molecule has 5 heteroatoms. The number of rotatable bonds is 9. The van der Waals surface area contributed by atoms with Crippen LogP contribution in [0.2, 0.25) is 0 Å². The van der Waals surface area contributed by atoms with E-state index in [2.05, 4.69) is 23.8 Å². The lowest BCUT2D eigenvalue weighted by Gasteiger charge is -2.38. The van der Waals surface area contributed by atoms with Crippen LogP contribution in [0, 0.1) is 29.4 Å². The summed E-state index contributed by atoms with van der Waals surface area (Å²) in [4.78, 5) is 0. The lowest BCUT2D eigenvalue weighted by molar-refractivity contribution is -0.0546. The Labute approximate surface area is 184 Å². The van der Waals surface area contributed by atoms with Crippen molar-refractivity contribution < 1.29 is 22.3 Å². The molecule has 0 amide bonds. The monoisotopic (exact) mass is 440 g/mol. The zero-order valence-corrected chi connectivity index (χ0v) is 18.6. The number of unbranched alkanes of at least 4 members (excludes halogenated alkanes) is 1. The minimum atomic E-state index is -3.24. The van der Waals surface area contributed by atoms with Gasteiger partial charge < -0.3 is 4.74 Å². The van der Waals surface area contributed by atoms with Gasteiger partial charge >= 0.3 is 6.61 Å². The van der Waals surface area contributed by atoms with Crippen molar-refractivity contribution in [3.05, 3.63) is 41.5 Å². The Bertz CT molecular complexity index is 678. The maximum Gasteiger partial charge on any atom is 0.387 e. The molecule has 0 saturated heterocycles. The second-order valence-corrected chi connectivity index (χ2v) is 9.42. The van der Waals surface area contributed by atoms with Gasteiger partial charge in [0.2, 0.25) is 0 Å². The highest BCUT2D eigenvalue weighted by atomic mass is 19.3. The molecular formula is C26H36F4O. The maximum atomic E-state index is 14.1. The summed E-state index contributed by atoms with van der Waals surface area (Å²) < 4.78 is 56.8. The molecule has 0 bridgehead atoms. The van der Waals surface area contributed by atoms with Gasteiger partial charge in [0.25, 0.3) is 0 Å². The van der Waals surface area contributed by atoms with Crippen LogP contribution in [-0.2, 0) is 0 Å². The molecule has 2 fully saturated rings. The van der Waals surface area contributed by atoms with Crippen LogP contribution in [0.15, 0.2) is 24.3 Å². The number of ether oxygens (including phenoxy) is 1. The molecule has 0 N–H and O–H groups in total. The summed E-state index contributed by atoms with van der Waals surface area (Å²) in [5, 5.41) is 0. The summed E-state index contributed by atoms with van der Waals surface area (Å²) in [7, 11) is 0. The smallest absolute Gasteiger partial charge is 0.387 e. The van der Waals surface area contributed by atoms with Gasteiger partial charge in [-0.25, -0.2) is 8.78 Å². The number of hydrogen-bond acceptors (Lipinski definition) is 1. The molecule has 0 aromatic heterocycles. The summed E-state index contributed by atoms with van der Waals surface area (Å²) in [6.45, 7) is -1.03. The quantitative estimate of drug-likeness (QED) is 0.275. The van der Waals surface area contributed by atoms with Crippen molar-refractivity contribution in [2.75, 3.05) is 0 Å². The van der Waals surface area contributed by atoms with Gasteiger partial charge in [-0.1, -0.05) is 38.3 Å². The predicted octanol–water partition coefficient (Wildman–Crippen LogP) is 8.78. The summed E-state index contributed by atoms with van der Waals surface area (Å²) in [6.07, 6.45) is 18.8. The van der Waals surface area contributed by atoms with Gasteiger partial charge in [0.05, 0.1) is 0 Å². The molecule has 2 aliphatic rings. The first-order valence-corrected chi connectivity index (χ1v) is 12.1. The van der Waals surface area contributed by atoms with E-state index in [1.807, 2.05) is 0 Å². The average Bonchev–Trinajstić information content (AvgIpc) is 2.76. The number of hydrogen-bond donors (Lipinski definition) is 0. The van der Waals surface area contributed by atoms with Crippen LogP contribution in [-0.4, -0.2) is 6.61 Å². The second kappa shape index (κ2) is 11.9. The van der Waals surface area contributed by atoms with Crippen molar-refractivity contribution in [1.29, 1.82) is 0 Å². The van der Waals surface area contributed by atoms with E-state index in [9.17, 15) is 17.6 Å². The highest BCUT2D eigenvalue weighted by Crippen LogP contribution is 2.45. The minimum absolute atomic E-state index is 0.0899. The van der Waals surface area contributed by atoms with E-state index in [0.29, 0.717) is 11.5 Å². The highest BCUT2D eigenvalue weighted by Gasteiger charge is 2.31. The van der Waals surface area contributed by atoms with E-state index in [1.54, 1.807) is 0 Å². The lowest BCUT2D eigenvalue weighted by atomic mass is 9.68. The standard InChI is InChI=1S/C26H36F4O/c1-2-3-4-5-6-7-18-8-10-19(11-9-18)20-12-14-21(15-13-20)22-16-23(27)25(24(28)17-22)31-26(29)30/h4-5,16-21,26H,2-3,6-15H2,1H3/b5-4+/t18-,19-,20-,21-. The first-order valence-electron chi connectivity index (χ1n) is 12.1. The van der Waals surface area contributed by atoms with Crippen LogP contribution in [0.25, 0.3) is 0 Å². The van der Waals surface area contributed by atoms with Gasteiger partial charge in [0, 0.05) is 0 Å². The molecule has 2 saturated carbocycles. The van der Waals surface area contributed by atoms with Gasteiger partial charge in [-0.05, 0) is 99.2 Å². The van der Waals surface area contributed by atoms with Gasteiger partial charge in [-0.15, -0.1) is 0 Å². The molecule has 3 rings (SSSR count). The van der Waals surface area contributed by atoms with Crippen molar-refractivity contribution in [3.8, 4) is 5.75 Å². The van der Waals surface area contributed by atoms with E-state index < -0.39 is 24.0 Å². The Hall–Kier alpha value is -1.52. The number of alkyl halides is 2. The van der Waals surface area contributed by atoms with Crippen LogP contribution in [0.4, 0.5) is 17.6 Å². The Morgan fingerprint density at radius 1 is 0.871 bits per heavy atom. The maximum absolute atomic E-state index is 14.1. The third-order valence-corrected chi connectivity index (χ3v) is 7.39. The molecule has 0 unspecified atom stereocenters. The van der Waals surface area contributed by atoms with Crippen LogP contribution in [0.3, 0.4) is 0 Å². The molecule has 1 aromatic carbocycles. The van der Waals surface area contributed by atoms with Gasteiger partial charge in [0.1, 0.15) is 0 Å². The fourth-order valence-electron chi connectivity index (χ4n) is 5.62. The number of benzene rings is 1. The number of allylic oxidation sites excluding steroid dienone is 2. The van der Waals surface area contributed by atoms with Gasteiger partial charge in [-0.2, -0.15) is 8.78 Å². The molecule has 2 aliphatic carbocycles. The molecule has 31 heavy (non-hydrogen) atoms. The van der Waals surface area contributed by atoms with Crippen LogP contribution >= 0.6 is 0 Å². The molecule has 1 nitrogen and oxygen atoms in total. The van der Waals surface area contributed by atoms with E-state index in [0.717, 1.165) is 37.5 Å². The normalized spacial score (nSPS) is 27.2. The topological polar surface area (TPSA) is 9.23 Å². The van der Waals surface area contributed by atoms with Crippen LogP contribution in [0.5, 0.6) is 5.75 Å². The largest absolute Gasteiger partial charge is 0.429 e. The fraction of sp³-hybridized carbons (Fsp3) is 0.692. The Kier molecular flexibility index (Phi) is 9.28. The molecule has 0 heterocycles. The Balaban J connectivity index is 1.44. The van der Waals surface area contributed by atoms with Crippen molar-refractivity contribution >= 4 is 0 Å². The molecule has 0 atom stereocenters. The van der Waals surface area contributed by atoms with Gasteiger partial charge in [-0.3, -0.25) is 0 Å². The van der Waals surface area contributed by atoms with E-state index in [1.165, 1.54) is 63.5 Å². The van der Waals surface area contributed by atoms with Crippen molar-refractivity contribution in [3.63, 3.8) is 0 Å². The van der Waals surface area contributed by atoms with Crippen molar-refractivity contribution in [1.82, 2.24) is 0 Å². The first-order chi connectivity index (χ1) is 15.0. The highest BCUT2D eigenvalue weighted by molar-refractivity contribution is 5.33. The summed E-state index contributed by atoms with van der Waals surface area (Å²) >= 11 is 0. The Morgan fingerprint density at radius 2 is 1.42 bits per heavy atom. The lowest BCUT2D eigenvalue weighted by Crippen LogP contribution is -2.25. The van der Waals surface area contributed by atoms with E-state index >= 15 is 0 Å².